The van der Waals surface area contributed by atoms with Crippen molar-refractivity contribution in [3.05, 3.63) is 0 Å². The summed E-state index contributed by atoms with van der Waals surface area (Å²) < 4.78 is 10.9. The molecule has 0 radical (unpaired) electrons. The van der Waals surface area contributed by atoms with E-state index >= 15 is 0 Å². The van der Waals surface area contributed by atoms with Gasteiger partial charge in [-0.1, -0.05) is 13.8 Å². The van der Waals surface area contributed by atoms with Crippen molar-refractivity contribution in [3.63, 3.8) is 0 Å². The molecular weight excluding hydrogens is 240 g/mol. The molecule has 0 aliphatic heterocycles. The summed E-state index contributed by atoms with van der Waals surface area (Å²) in [6, 6.07) is 0.481. The van der Waals surface area contributed by atoms with Crippen molar-refractivity contribution >= 4 is 0 Å². The Morgan fingerprint density at radius 1 is 1.05 bits per heavy atom. The highest BCUT2D eigenvalue weighted by Gasteiger charge is 2.27. The molecule has 0 spiro atoms. The highest BCUT2D eigenvalue weighted by molar-refractivity contribution is 4.83. The number of ether oxygens (including phenoxy) is 2. The summed E-state index contributed by atoms with van der Waals surface area (Å²) in [6.45, 7) is 17.1. The molecule has 1 unspecified atom stereocenters. The van der Waals surface area contributed by atoms with Crippen molar-refractivity contribution in [2.24, 2.45) is 5.41 Å². The van der Waals surface area contributed by atoms with Gasteiger partial charge in [-0.3, -0.25) is 4.90 Å². The van der Waals surface area contributed by atoms with Crippen LogP contribution in [0.4, 0.5) is 0 Å². The maximum absolute atomic E-state index is 5.47. The number of nitrogens with zero attached hydrogens (tertiary/aromatic N) is 1. The standard InChI is InChI=1S/C15H34N2O2/c1-7-18-11-9-17(10-12-19-8-2)13-15(4,5)14(3)16-6/h14,16H,7-13H2,1-6H3. The zero-order chi connectivity index (χ0) is 14.7. The van der Waals surface area contributed by atoms with Gasteiger partial charge < -0.3 is 14.8 Å². The summed E-state index contributed by atoms with van der Waals surface area (Å²) in [5.41, 5.74) is 0.229. The third kappa shape index (κ3) is 8.58. The molecule has 1 N–H and O–H groups in total. The minimum atomic E-state index is 0.229. The van der Waals surface area contributed by atoms with Crippen LogP contribution in [-0.2, 0) is 9.47 Å². The Labute approximate surface area is 119 Å². The molecule has 0 aromatic rings. The summed E-state index contributed by atoms with van der Waals surface area (Å²) in [5, 5.41) is 3.36. The fourth-order valence-corrected chi connectivity index (χ4v) is 2.05. The average Bonchev–Trinajstić information content (AvgIpc) is 2.37. The van der Waals surface area contributed by atoms with Gasteiger partial charge in [0.05, 0.1) is 13.2 Å². The molecule has 0 amide bonds. The van der Waals surface area contributed by atoms with Gasteiger partial charge >= 0.3 is 0 Å². The van der Waals surface area contributed by atoms with Crippen LogP contribution in [0.3, 0.4) is 0 Å². The van der Waals surface area contributed by atoms with Crippen LogP contribution >= 0.6 is 0 Å². The van der Waals surface area contributed by atoms with Crippen LogP contribution < -0.4 is 5.32 Å². The lowest BCUT2D eigenvalue weighted by Crippen LogP contribution is -2.47. The van der Waals surface area contributed by atoms with Crippen LogP contribution in [0, 0.1) is 5.41 Å². The molecular formula is C15H34N2O2. The van der Waals surface area contributed by atoms with Gasteiger partial charge in [0.25, 0.3) is 0 Å². The molecule has 0 aliphatic carbocycles. The molecule has 0 aromatic carbocycles. The lowest BCUT2D eigenvalue weighted by atomic mass is 9.85. The van der Waals surface area contributed by atoms with Crippen molar-refractivity contribution in [2.75, 3.05) is 53.1 Å². The van der Waals surface area contributed by atoms with E-state index in [4.69, 9.17) is 9.47 Å². The van der Waals surface area contributed by atoms with Gasteiger partial charge in [-0.15, -0.1) is 0 Å². The minimum absolute atomic E-state index is 0.229. The summed E-state index contributed by atoms with van der Waals surface area (Å²) in [4.78, 5) is 2.44. The zero-order valence-corrected chi connectivity index (χ0v) is 13.8. The molecule has 0 aromatic heterocycles. The molecule has 0 aliphatic rings. The van der Waals surface area contributed by atoms with E-state index in [1.807, 2.05) is 20.9 Å². The SMILES string of the molecule is CCOCCN(CCOCC)CC(C)(C)C(C)NC. The summed E-state index contributed by atoms with van der Waals surface area (Å²) >= 11 is 0. The first-order valence-corrected chi connectivity index (χ1v) is 7.53. The molecule has 4 heteroatoms. The normalized spacial score (nSPS) is 14.1. The molecule has 19 heavy (non-hydrogen) atoms. The second-order valence-electron chi connectivity index (χ2n) is 5.67. The van der Waals surface area contributed by atoms with E-state index in [0.29, 0.717) is 6.04 Å². The van der Waals surface area contributed by atoms with Crippen LogP contribution in [0.25, 0.3) is 0 Å². The monoisotopic (exact) mass is 274 g/mol. The maximum Gasteiger partial charge on any atom is 0.0593 e. The lowest BCUT2D eigenvalue weighted by Gasteiger charge is -2.37. The molecule has 4 nitrogen and oxygen atoms in total. The van der Waals surface area contributed by atoms with E-state index in [-0.39, 0.29) is 5.41 Å². The second-order valence-corrected chi connectivity index (χ2v) is 5.67. The Kier molecular flexibility index (Phi) is 10.5. The van der Waals surface area contributed by atoms with E-state index < -0.39 is 0 Å². The zero-order valence-electron chi connectivity index (χ0n) is 13.8. The largest absolute Gasteiger partial charge is 0.380 e. The predicted octanol–water partition coefficient (Wildman–Crippen LogP) is 2.00. The number of nitrogens with one attached hydrogen (secondary N) is 1. The molecule has 0 heterocycles. The first-order chi connectivity index (χ1) is 8.97. The first kappa shape index (κ1) is 18.8. The van der Waals surface area contributed by atoms with Gasteiger partial charge in [-0.05, 0) is 33.2 Å². The van der Waals surface area contributed by atoms with Crippen molar-refractivity contribution in [3.8, 4) is 0 Å². The van der Waals surface area contributed by atoms with Crippen LogP contribution in [-0.4, -0.2) is 64.1 Å². The van der Waals surface area contributed by atoms with E-state index in [1.54, 1.807) is 0 Å². The molecule has 0 bridgehead atoms. The topological polar surface area (TPSA) is 33.7 Å². The highest BCUT2D eigenvalue weighted by atomic mass is 16.5. The quantitative estimate of drug-likeness (QED) is 0.552. The van der Waals surface area contributed by atoms with Gasteiger partial charge in [0.2, 0.25) is 0 Å². The molecule has 1 atom stereocenters. The molecule has 0 rings (SSSR count). The Morgan fingerprint density at radius 2 is 1.53 bits per heavy atom. The predicted molar refractivity (Wildman–Crippen MR) is 81.7 cm³/mol. The van der Waals surface area contributed by atoms with Crippen molar-refractivity contribution < 1.29 is 9.47 Å². The fraction of sp³-hybridized carbons (Fsp3) is 1.00. The van der Waals surface area contributed by atoms with Crippen LogP contribution in [0.1, 0.15) is 34.6 Å². The number of rotatable bonds is 12. The highest BCUT2D eigenvalue weighted by Crippen LogP contribution is 2.21. The van der Waals surface area contributed by atoms with Gasteiger partial charge in [0, 0.05) is 38.9 Å². The Balaban J connectivity index is 4.29. The minimum Gasteiger partial charge on any atom is -0.380 e. The van der Waals surface area contributed by atoms with Gasteiger partial charge in [0.1, 0.15) is 0 Å². The van der Waals surface area contributed by atoms with E-state index in [0.717, 1.165) is 46.1 Å². The van der Waals surface area contributed by atoms with Crippen LogP contribution in [0.2, 0.25) is 0 Å². The molecule has 0 saturated carbocycles. The van der Waals surface area contributed by atoms with E-state index in [2.05, 4.69) is 31.0 Å². The molecule has 116 valence electrons. The molecule has 0 fully saturated rings. The summed E-state index contributed by atoms with van der Waals surface area (Å²) in [7, 11) is 2.02. The maximum atomic E-state index is 5.47. The van der Waals surface area contributed by atoms with Crippen molar-refractivity contribution in [1.29, 1.82) is 0 Å². The number of hydrogen-bond donors (Lipinski definition) is 1. The third-order valence-electron chi connectivity index (χ3n) is 3.75. The Hall–Kier alpha value is -0.160. The van der Waals surface area contributed by atoms with E-state index in [1.165, 1.54) is 0 Å². The Bertz CT molecular complexity index is 200. The summed E-state index contributed by atoms with van der Waals surface area (Å²) in [6.07, 6.45) is 0. The lowest BCUT2D eigenvalue weighted by molar-refractivity contribution is 0.0587. The Morgan fingerprint density at radius 3 is 1.89 bits per heavy atom. The van der Waals surface area contributed by atoms with E-state index in [9.17, 15) is 0 Å². The molecule has 0 saturated heterocycles. The average molecular weight is 274 g/mol. The first-order valence-electron chi connectivity index (χ1n) is 7.53. The number of hydrogen-bond acceptors (Lipinski definition) is 4. The van der Waals surface area contributed by atoms with Gasteiger partial charge in [-0.25, -0.2) is 0 Å². The third-order valence-corrected chi connectivity index (χ3v) is 3.75. The fourth-order valence-electron chi connectivity index (χ4n) is 2.05. The van der Waals surface area contributed by atoms with Crippen molar-refractivity contribution in [1.82, 2.24) is 10.2 Å². The van der Waals surface area contributed by atoms with Crippen LogP contribution in [0.15, 0.2) is 0 Å². The van der Waals surface area contributed by atoms with Gasteiger partial charge in [-0.2, -0.15) is 0 Å². The second kappa shape index (κ2) is 10.6. The van der Waals surface area contributed by atoms with Crippen LogP contribution in [0.5, 0.6) is 0 Å². The smallest absolute Gasteiger partial charge is 0.0593 e. The summed E-state index contributed by atoms with van der Waals surface area (Å²) in [5.74, 6) is 0. The van der Waals surface area contributed by atoms with Gasteiger partial charge in [0.15, 0.2) is 0 Å². The van der Waals surface area contributed by atoms with Crippen molar-refractivity contribution in [2.45, 2.75) is 40.7 Å².